The molecule has 2 aromatic rings. The summed E-state index contributed by atoms with van der Waals surface area (Å²) in [4.78, 5) is 22.5. The Balaban J connectivity index is 2.73. The first-order valence-corrected chi connectivity index (χ1v) is 4.19. The van der Waals surface area contributed by atoms with E-state index in [-0.39, 0.29) is 11.2 Å². The first-order valence-electron chi connectivity index (χ1n) is 4.19. The predicted molar refractivity (Wildman–Crippen MR) is 51.7 cm³/mol. The van der Waals surface area contributed by atoms with Gasteiger partial charge < -0.3 is 4.42 Å². The van der Waals surface area contributed by atoms with Crippen molar-refractivity contribution in [1.29, 1.82) is 0 Å². The lowest BCUT2D eigenvalue weighted by Crippen LogP contribution is -2.20. The smallest absolute Gasteiger partial charge is 0.310 e. The van der Waals surface area contributed by atoms with Gasteiger partial charge in [-0.3, -0.25) is 14.8 Å². The summed E-state index contributed by atoms with van der Waals surface area (Å²) in [5.41, 5.74) is 1.39. The lowest BCUT2D eigenvalue weighted by Gasteiger charge is -1.99. The normalized spacial score (nSPS) is 10.2. The number of para-hydroxylation sites is 1. The molecule has 76 valence electrons. The van der Waals surface area contributed by atoms with Gasteiger partial charge in [0.2, 0.25) is 0 Å². The molecule has 15 heavy (non-hydrogen) atoms. The average molecular weight is 205 g/mol. The minimum atomic E-state index is -0.849. The molecule has 0 atom stereocenters. The van der Waals surface area contributed by atoms with E-state index in [0.717, 1.165) is 6.07 Å². The molecule has 1 heterocycles. The Labute approximate surface area is 83.9 Å². The van der Waals surface area contributed by atoms with Crippen molar-refractivity contribution in [3.05, 3.63) is 46.3 Å². The first kappa shape index (κ1) is 9.42. The standard InChI is InChI=1S/C10H7NO4/c12-7-5-9(10(13)11-14)15-8-4-2-1-3-6(7)8/h1-5,14H,(H,11,13). The molecule has 0 aliphatic carbocycles. The number of carbonyl (C=O) groups excluding carboxylic acids is 1. The zero-order chi connectivity index (χ0) is 10.8. The molecule has 0 aliphatic heterocycles. The maximum Gasteiger partial charge on any atom is 0.310 e. The topological polar surface area (TPSA) is 79.5 Å². The Morgan fingerprint density at radius 1 is 1.33 bits per heavy atom. The lowest BCUT2D eigenvalue weighted by atomic mass is 10.2. The average Bonchev–Trinajstić information content (AvgIpc) is 2.28. The Morgan fingerprint density at radius 3 is 2.80 bits per heavy atom. The fraction of sp³-hybridized carbons (Fsp3) is 0. The fourth-order valence-corrected chi connectivity index (χ4v) is 1.27. The van der Waals surface area contributed by atoms with E-state index in [2.05, 4.69) is 0 Å². The lowest BCUT2D eigenvalue weighted by molar-refractivity contribution is 0.0676. The number of amides is 1. The number of hydroxylamine groups is 1. The monoisotopic (exact) mass is 205 g/mol. The highest BCUT2D eigenvalue weighted by molar-refractivity contribution is 5.92. The summed E-state index contributed by atoms with van der Waals surface area (Å²) in [5.74, 6) is -1.07. The summed E-state index contributed by atoms with van der Waals surface area (Å²) < 4.78 is 5.12. The maximum absolute atomic E-state index is 11.5. The van der Waals surface area contributed by atoms with E-state index >= 15 is 0 Å². The largest absolute Gasteiger partial charge is 0.451 e. The first-order chi connectivity index (χ1) is 7.22. The van der Waals surface area contributed by atoms with Crippen LogP contribution in [-0.2, 0) is 0 Å². The van der Waals surface area contributed by atoms with Crippen molar-refractivity contribution in [2.24, 2.45) is 0 Å². The molecule has 0 radical (unpaired) electrons. The quantitative estimate of drug-likeness (QED) is 0.535. The van der Waals surface area contributed by atoms with Gasteiger partial charge in [-0.2, -0.15) is 0 Å². The van der Waals surface area contributed by atoms with Crippen molar-refractivity contribution < 1.29 is 14.4 Å². The molecule has 1 amide bonds. The molecular weight excluding hydrogens is 198 g/mol. The van der Waals surface area contributed by atoms with Gasteiger partial charge in [0.25, 0.3) is 0 Å². The van der Waals surface area contributed by atoms with E-state index in [1.165, 1.54) is 5.48 Å². The van der Waals surface area contributed by atoms with Crippen LogP contribution in [-0.4, -0.2) is 11.1 Å². The van der Waals surface area contributed by atoms with Crippen LogP contribution < -0.4 is 10.9 Å². The van der Waals surface area contributed by atoms with Crippen LogP contribution in [0, 0.1) is 0 Å². The van der Waals surface area contributed by atoms with E-state index in [1.54, 1.807) is 24.3 Å². The third-order valence-corrected chi connectivity index (χ3v) is 1.96. The maximum atomic E-state index is 11.5. The van der Waals surface area contributed by atoms with Crippen molar-refractivity contribution in [3.63, 3.8) is 0 Å². The Hall–Kier alpha value is -2.14. The van der Waals surface area contributed by atoms with Crippen molar-refractivity contribution in [1.82, 2.24) is 5.48 Å². The SMILES string of the molecule is O=C(NO)c1cc(=O)c2ccccc2o1. The van der Waals surface area contributed by atoms with Crippen molar-refractivity contribution in [2.75, 3.05) is 0 Å². The Bertz CT molecular complexity index is 573. The van der Waals surface area contributed by atoms with Crippen LogP contribution in [0.25, 0.3) is 11.0 Å². The van der Waals surface area contributed by atoms with Crippen LogP contribution in [0.2, 0.25) is 0 Å². The molecule has 1 aromatic carbocycles. The number of hydrogen-bond acceptors (Lipinski definition) is 4. The van der Waals surface area contributed by atoms with E-state index in [1.807, 2.05) is 0 Å². The third kappa shape index (κ3) is 1.60. The van der Waals surface area contributed by atoms with Gasteiger partial charge in [-0.25, -0.2) is 5.48 Å². The predicted octanol–water partition coefficient (Wildman–Crippen LogP) is 0.912. The second-order valence-corrected chi connectivity index (χ2v) is 2.91. The number of nitrogens with one attached hydrogen (secondary N) is 1. The number of fused-ring (bicyclic) bond motifs is 1. The number of hydrogen-bond donors (Lipinski definition) is 2. The molecule has 5 nitrogen and oxygen atoms in total. The van der Waals surface area contributed by atoms with Gasteiger partial charge in [0.1, 0.15) is 5.58 Å². The highest BCUT2D eigenvalue weighted by atomic mass is 16.5. The van der Waals surface area contributed by atoms with Crippen LogP contribution >= 0.6 is 0 Å². The van der Waals surface area contributed by atoms with Crippen molar-refractivity contribution >= 4 is 16.9 Å². The second kappa shape index (κ2) is 3.55. The molecule has 2 N–H and O–H groups in total. The third-order valence-electron chi connectivity index (χ3n) is 1.96. The van der Waals surface area contributed by atoms with E-state index in [9.17, 15) is 9.59 Å². The van der Waals surface area contributed by atoms with Crippen molar-refractivity contribution in [3.8, 4) is 0 Å². The van der Waals surface area contributed by atoms with Crippen LogP contribution in [0.5, 0.6) is 0 Å². The summed E-state index contributed by atoms with van der Waals surface area (Å²) in [6.45, 7) is 0. The van der Waals surface area contributed by atoms with Crippen LogP contribution in [0.4, 0.5) is 0 Å². The molecule has 2 rings (SSSR count). The molecule has 0 bridgehead atoms. The minimum Gasteiger partial charge on any atom is -0.451 e. The van der Waals surface area contributed by atoms with Gasteiger partial charge in [0.05, 0.1) is 5.39 Å². The molecule has 5 heteroatoms. The van der Waals surface area contributed by atoms with E-state index in [4.69, 9.17) is 9.62 Å². The van der Waals surface area contributed by atoms with Gasteiger partial charge in [-0.1, -0.05) is 12.1 Å². The number of benzene rings is 1. The highest BCUT2D eigenvalue weighted by Crippen LogP contribution is 2.11. The van der Waals surface area contributed by atoms with Gasteiger partial charge in [0.15, 0.2) is 11.2 Å². The Morgan fingerprint density at radius 2 is 2.07 bits per heavy atom. The van der Waals surface area contributed by atoms with Crippen LogP contribution in [0.15, 0.2) is 39.5 Å². The molecular formula is C10H7NO4. The molecule has 0 aliphatic rings. The second-order valence-electron chi connectivity index (χ2n) is 2.91. The summed E-state index contributed by atoms with van der Waals surface area (Å²) in [6, 6.07) is 7.59. The molecule has 0 saturated carbocycles. The van der Waals surface area contributed by atoms with E-state index in [0.29, 0.717) is 11.0 Å². The molecule has 0 unspecified atom stereocenters. The van der Waals surface area contributed by atoms with Gasteiger partial charge in [-0.05, 0) is 12.1 Å². The minimum absolute atomic E-state index is 0.221. The summed E-state index contributed by atoms with van der Waals surface area (Å²) in [6.07, 6.45) is 0. The summed E-state index contributed by atoms with van der Waals surface area (Å²) in [7, 11) is 0. The zero-order valence-electron chi connectivity index (χ0n) is 7.56. The summed E-state index contributed by atoms with van der Waals surface area (Å²) in [5, 5.41) is 8.78. The van der Waals surface area contributed by atoms with Gasteiger partial charge >= 0.3 is 5.91 Å². The van der Waals surface area contributed by atoms with E-state index < -0.39 is 5.91 Å². The molecule has 0 spiro atoms. The van der Waals surface area contributed by atoms with Gasteiger partial charge in [0, 0.05) is 6.07 Å². The molecule has 1 aromatic heterocycles. The number of rotatable bonds is 1. The molecule has 0 saturated heterocycles. The van der Waals surface area contributed by atoms with Crippen LogP contribution in [0.3, 0.4) is 0 Å². The zero-order valence-corrected chi connectivity index (χ0v) is 7.56. The van der Waals surface area contributed by atoms with Gasteiger partial charge in [-0.15, -0.1) is 0 Å². The van der Waals surface area contributed by atoms with Crippen molar-refractivity contribution in [2.45, 2.75) is 0 Å². The highest BCUT2D eigenvalue weighted by Gasteiger charge is 2.10. The summed E-state index contributed by atoms with van der Waals surface area (Å²) >= 11 is 0. The number of carbonyl (C=O) groups is 1. The molecule has 0 fully saturated rings. The Kier molecular flexibility index (Phi) is 2.23. The fourth-order valence-electron chi connectivity index (χ4n) is 1.27. The van der Waals surface area contributed by atoms with Crippen LogP contribution in [0.1, 0.15) is 10.6 Å².